The van der Waals surface area contributed by atoms with Gasteiger partial charge in [-0.25, -0.2) is 9.18 Å². The molecule has 0 aliphatic carbocycles. The van der Waals surface area contributed by atoms with Crippen molar-refractivity contribution in [3.63, 3.8) is 0 Å². The number of methoxy groups -OCH3 is 1. The first kappa shape index (κ1) is 20.3. The molecule has 0 radical (unpaired) electrons. The number of halogens is 1. The number of phenols is 1. The van der Waals surface area contributed by atoms with Crippen molar-refractivity contribution in [2.75, 3.05) is 12.4 Å². The fourth-order valence-electron chi connectivity index (χ4n) is 2.90. The summed E-state index contributed by atoms with van der Waals surface area (Å²) in [6.45, 7) is 3.49. The lowest BCUT2D eigenvalue weighted by molar-refractivity contribution is -0.118. The highest BCUT2D eigenvalue weighted by atomic mass is 19.1. The van der Waals surface area contributed by atoms with Crippen molar-refractivity contribution in [2.45, 2.75) is 20.3 Å². The standard InChI is InChI=1S/C22H21FN2O4/c1-12(2)21(27)25-18-10-17(22(28)29-3)20(26)19-16(18)9-14(11-24-19)8-13-4-6-15(23)7-5-13/h4-7,9-12,26H,8H2,1-3H3,(H,25,27). The number of hydrogen-bond donors (Lipinski definition) is 2. The first-order valence-corrected chi connectivity index (χ1v) is 9.08. The second-order valence-corrected chi connectivity index (χ2v) is 7.00. The molecule has 29 heavy (non-hydrogen) atoms. The van der Waals surface area contributed by atoms with E-state index in [-0.39, 0.29) is 34.5 Å². The summed E-state index contributed by atoms with van der Waals surface area (Å²) >= 11 is 0. The molecule has 0 atom stereocenters. The van der Waals surface area contributed by atoms with Crippen molar-refractivity contribution < 1.29 is 23.8 Å². The highest BCUT2D eigenvalue weighted by molar-refractivity contribution is 6.08. The summed E-state index contributed by atoms with van der Waals surface area (Å²) in [7, 11) is 1.21. The second kappa shape index (κ2) is 8.26. The molecule has 0 bridgehead atoms. The number of hydrogen-bond acceptors (Lipinski definition) is 5. The number of fused-ring (bicyclic) bond motifs is 1. The van der Waals surface area contributed by atoms with Gasteiger partial charge < -0.3 is 15.2 Å². The normalized spacial score (nSPS) is 10.9. The van der Waals surface area contributed by atoms with Crippen LogP contribution in [-0.4, -0.2) is 29.1 Å². The van der Waals surface area contributed by atoms with E-state index in [2.05, 4.69) is 10.3 Å². The van der Waals surface area contributed by atoms with Crippen LogP contribution in [0.1, 0.15) is 35.3 Å². The third-order valence-corrected chi connectivity index (χ3v) is 4.51. The fourth-order valence-corrected chi connectivity index (χ4v) is 2.90. The molecule has 0 aliphatic heterocycles. The van der Waals surface area contributed by atoms with Gasteiger partial charge in [-0.3, -0.25) is 9.78 Å². The van der Waals surface area contributed by atoms with E-state index >= 15 is 0 Å². The number of aromatic hydroxyl groups is 1. The Morgan fingerprint density at radius 2 is 1.86 bits per heavy atom. The van der Waals surface area contributed by atoms with Crippen LogP contribution in [0.5, 0.6) is 5.75 Å². The monoisotopic (exact) mass is 396 g/mol. The number of benzene rings is 2. The second-order valence-electron chi connectivity index (χ2n) is 7.00. The van der Waals surface area contributed by atoms with Crippen molar-refractivity contribution in [3.05, 3.63) is 65.1 Å². The summed E-state index contributed by atoms with van der Waals surface area (Å²) in [5.41, 5.74) is 2.13. The van der Waals surface area contributed by atoms with Crippen LogP contribution in [0.25, 0.3) is 10.9 Å². The molecule has 1 amide bonds. The zero-order valence-corrected chi connectivity index (χ0v) is 16.3. The number of rotatable bonds is 5. The van der Waals surface area contributed by atoms with Crippen molar-refractivity contribution in [2.24, 2.45) is 5.92 Å². The first-order valence-electron chi connectivity index (χ1n) is 9.08. The summed E-state index contributed by atoms with van der Waals surface area (Å²) < 4.78 is 17.8. The number of phenolic OH excluding ortho intramolecular Hbond substituents is 1. The largest absolute Gasteiger partial charge is 0.505 e. The number of carbonyl (C=O) groups is 2. The minimum absolute atomic E-state index is 0.0853. The van der Waals surface area contributed by atoms with E-state index in [9.17, 15) is 19.1 Å². The molecule has 0 unspecified atom stereocenters. The number of pyridine rings is 1. The van der Waals surface area contributed by atoms with Gasteiger partial charge in [-0.15, -0.1) is 0 Å². The molecule has 3 aromatic rings. The van der Waals surface area contributed by atoms with E-state index in [4.69, 9.17) is 4.74 Å². The Labute approximate surface area is 167 Å². The van der Waals surface area contributed by atoms with Crippen LogP contribution in [0.4, 0.5) is 10.1 Å². The Morgan fingerprint density at radius 3 is 2.48 bits per heavy atom. The third-order valence-electron chi connectivity index (χ3n) is 4.51. The summed E-state index contributed by atoms with van der Waals surface area (Å²) in [4.78, 5) is 28.6. The third kappa shape index (κ3) is 4.34. The first-order chi connectivity index (χ1) is 13.8. The quantitative estimate of drug-likeness (QED) is 0.502. The number of aromatic nitrogens is 1. The zero-order valence-electron chi connectivity index (χ0n) is 16.3. The maximum atomic E-state index is 13.1. The highest BCUT2D eigenvalue weighted by Crippen LogP contribution is 2.35. The molecule has 0 aliphatic rings. The number of carbonyl (C=O) groups excluding carboxylic acids is 2. The summed E-state index contributed by atoms with van der Waals surface area (Å²) in [6.07, 6.45) is 2.06. The Bertz CT molecular complexity index is 1080. The van der Waals surface area contributed by atoms with Crippen LogP contribution in [0.15, 0.2) is 42.6 Å². The summed E-state index contributed by atoms with van der Waals surface area (Å²) in [5, 5.41) is 13.8. The van der Waals surface area contributed by atoms with Gasteiger partial charge >= 0.3 is 5.97 Å². The Balaban J connectivity index is 2.11. The number of anilines is 1. The van der Waals surface area contributed by atoms with Crippen LogP contribution in [0.2, 0.25) is 0 Å². The smallest absolute Gasteiger partial charge is 0.341 e. The minimum atomic E-state index is -0.735. The summed E-state index contributed by atoms with van der Waals surface area (Å²) in [5.74, 6) is -1.89. The van der Waals surface area contributed by atoms with Crippen molar-refractivity contribution in [1.82, 2.24) is 4.98 Å². The van der Waals surface area contributed by atoms with E-state index < -0.39 is 5.97 Å². The van der Waals surface area contributed by atoms with E-state index in [1.54, 1.807) is 38.2 Å². The predicted octanol–water partition coefficient (Wildman–Crippen LogP) is 4.05. The summed E-state index contributed by atoms with van der Waals surface area (Å²) in [6, 6.07) is 9.28. The van der Waals surface area contributed by atoms with Crippen LogP contribution in [0, 0.1) is 11.7 Å². The van der Waals surface area contributed by atoms with E-state index in [0.717, 1.165) is 11.1 Å². The van der Waals surface area contributed by atoms with Gasteiger partial charge in [-0.2, -0.15) is 0 Å². The number of nitrogens with one attached hydrogen (secondary N) is 1. The lowest BCUT2D eigenvalue weighted by Gasteiger charge is -2.15. The molecule has 150 valence electrons. The molecular weight excluding hydrogens is 375 g/mol. The average molecular weight is 396 g/mol. The molecule has 6 nitrogen and oxygen atoms in total. The van der Waals surface area contributed by atoms with Gasteiger partial charge in [0.15, 0.2) is 5.75 Å². The Morgan fingerprint density at radius 1 is 1.17 bits per heavy atom. The number of amides is 1. The average Bonchev–Trinajstić information content (AvgIpc) is 2.71. The van der Waals surface area contributed by atoms with Crippen LogP contribution in [-0.2, 0) is 16.0 Å². The molecule has 3 rings (SSSR count). The van der Waals surface area contributed by atoms with Gasteiger partial charge in [0.1, 0.15) is 16.9 Å². The lowest BCUT2D eigenvalue weighted by Crippen LogP contribution is -2.18. The van der Waals surface area contributed by atoms with Gasteiger partial charge in [0.05, 0.1) is 12.8 Å². The van der Waals surface area contributed by atoms with Crippen LogP contribution >= 0.6 is 0 Å². The minimum Gasteiger partial charge on any atom is -0.505 e. The van der Waals surface area contributed by atoms with Crippen molar-refractivity contribution in [1.29, 1.82) is 0 Å². The molecule has 2 N–H and O–H groups in total. The van der Waals surface area contributed by atoms with Gasteiger partial charge in [-0.05, 0) is 41.8 Å². The maximum absolute atomic E-state index is 13.1. The molecule has 0 saturated heterocycles. The molecule has 0 fully saturated rings. The van der Waals surface area contributed by atoms with Gasteiger partial charge in [0, 0.05) is 17.5 Å². The fraction of sp³-hybridized carbons (Fsp3) is 0.227. The lowest BCUT2D eigenvalue weighted by atomic mass is 10.0. The molecule has 0 spiro atoms. The molecule has 1 heterocycles. The SMILES string of the molecule is COC(=O)c1cc(NC(=O)C(C)C)c2cc(Cc3ccc(F)cc3)cnc2c1O. The van der Waals surface area contributed by atoms with Crippen molar-refractivity contribution >= 4 is 28.5 Å². The molecule has 2 aromatic carbocycles. The van der Waals surface area contributed by atoms with Gasteiger partial charge in [0.2, 0.25) is 5.91 Å². The molecule has 1 aromatic heterocycles. The van der Waals surface area contributed by atoms with Gasteiger partial charge in [-0.1, -0.05) is 26.0 Å². The topological polar surface area (TPSA) is 88.5 Å². The molecule has 7 heteroatoms. The van der Waals surface area contributed by atoms with Crippen molar-refractivity contribution in [3.8, 4) is 5.75 Å². The molecule has 0 saturated carbocycles. The van der Waals surface area contributed by atoms with Gasteiger partial charge in [0.25, 0.3) is 0 Å². The number of ether oxygens (including phenoxy) is 1. The zero-order chi connectivity index (χ0) is 21.1. The van der Waals surface area contributed by atoms with Crippen LogP contribution < -0.4 is 5.32 Å². The predicted molar refractivity (Wildman–Crippen MR) is 107 cm³/mol. The maximum Gasteiger partial charge on any atom is 0.341 e. The number of nitrogens with zero attached hydrogens (tertiary/aromatic N) is 1. The van der Waals surface area contributed by atoms with Crippen LogP contribution in [0.3, 0.4) is 0 Å². The number of esters is 1. The highest BCUT2D eigenvalue weighted by Gasteiger charge is 2.20. The Kier molecular flexibility index (Phi) is 5.77. The van der Waals surface area contributed by atoms with E-state index in [0.29, 0.717) is 17.5 Å². The van der Waals surface area contributed by atoms with E-state index in [1.807, 2.05) is 0 Å². The molecular formula is C22H21FN2O4. The van der Waals surface area contributed by atoms with E-state index in [1.165, 1.54) is 25.3 Å². The Hall–Kier alpha value is -3.48.